The minimum Gasteiger partial charge on any atom is -0.481 e. The van der Waals surface area contributed by atoms with E-state index in [0.717, 1.165) is 28.8 Å². The number of amides is 1. The van der Waals surface area contributed by atoms with Gasteiger partial charge in [-0.05, 0) is 122 Å². The fourth-order valence-electron chi connectivity index (χ4n) is 5.31. The second kappa shape index (κ2) is 10.6. The third-order valence-corrected chi connectivity index (χ3v) is 8.84. The molecule has 0 bridgehead atoms. The number of hydrogen-bond acceptors (Lipinski definition) is 5. The Hall–Kier alpha value is -3.13. The van der Waals surface area contributed by atoms with Crippen LogP contribution in [0.5, 0.6) is 5.88 Å². The maximum absolute atomic E-state index is 13.5. The van der Waals surface area contributed by atoms with Gasteiger partial charge in [0.1, 0.15) is 11.9 Å². The van der Waals surface area contributed by atoms with E-state index >= 15 is 0 Å². The predicted octanol–water partition coefficient (Wildman–Crippen LogP) is 5.71. The molecule has 0 spiro atoms. The largest absolute Gasteiger partial charge is 0.481 e. The summed E-state index contributed by atoms with van der Waals surface area (Å²) in [6.45, 7) is 5.93. The van der Waals surface area contributed by atoms with E-state index in [2.05, 4.69) is 58.6 Å². The van der Waals surface area contributed by atoms with Crippen molar-refractivity contribution in [3.63, 3.8) is 0 Å². The first kappa shape index (κ1) is 26.5. The molecule has 2 fully saturated rings. The summed E-state index contributed by atoms with van der Waals surface area (Å²) < 4.78 is 9.15. The van der Waals surface area contributed by atoms with Crippen molar-refractivity contribution in [2.24, 2.45) is 18.9 Å². The van der Waals surface area contributed by atoms with Crippen LogP contribution < -0.4 is 9.64 Å². The number of pyridine rings is 1. The van der Waals surface area contributed by atoms with Gasteiger partial charge in [0.05, 0.1) is 17.1 Å². The highest BCUT2D eigenvalue weighted by Gasteiger charge is 2.38. The zero-order valence-corrected chi connectivity index (χ0v) is 24.2. The number of carbonyl (C=O) groups excluding carboxylic acids is 1. The average Bonchev–Trinajstić information content (AvgIpc) is 3.53. The lowest BCUT2D eigenvalue weighted by molar-refractivity contribution is -0.143. The number of rotatable bonds is 6. The average molecular weight is 626 g/mol. The molecule has 2 aromatic heterocycles. The van der Waals surface area contributed by atoms with Crippen LogP contribution in [-0.4, -0.2) is 37.9 Å². The number of hydrogen-bond donors (Lipinski definition) is 1. The Labute approximate surface area is 235 Å². The van der Waals surface area contributed by atoms with E-state index in [1.165, 1.54) is 3.57 Å². The summed E-state index contributed by atoms with van der Waals surface area (Å²) in [6.07, 6.45) is 3.42. The number of benzene rings is 1. The molecule has 2 saturated carbocycles. The molecule has 1 amide bonds. The molecule has 1 N–H and O–H groups in total. The number of carboxylic acid groups (broad SMARTS) is 1. The van der Waals surface area contributed by atoms with Crippen molar-refractivity contribution >= 4 is 57.0 Å². The number of aromatic nitrogens is 3. The normalized spacial score (nSPS) is 22.4. The molecule has 2 aliphatic carbocycles. The summed E-state index contributed by atoms with van der Waals surface area (Å²) in [6, 6.07) is 7.97. The Morgan fingerprint density at radius 3 is 2.55 bits per heavy atom. The van der Waals surface area contributed by atoms with Crippen molar-refractivity contribution in [3.05, 3.63) is 39.0 Å². The van der Waals surface area contributed by atoms with Crippen molar-refractivity contribution in [2.75, 3.05) is 4.90 Å². The fraction of sp³-hybridized carbons (Fsp3) is 0.448. The van der Waals surface area contributed by atoms with Gasteiger partial charge in [-0.1, -0.05) is 12.8 Å². The van der Waals surface area contributed by atoms with Crippen LogP contribution in [0.4, 0.5) is 11.5 Å². The molecule has 198 valence electrons. The van der Waals surface area contributed by atoms with Gasteiger partial charge in [0.25, 0.3) is 5.88 Å². The number of halogens is 1. The zero-order chi connectivity index (χ0) is 27.1. The van der Waals surface area contributed by atoms with E-state index in [1.807, 2.05) is 26.1 Å². The minimum atomic E-state index is -0.747. The second-order valence-electron chi connectivity index (χ2n) is 10.4. The number of nitrogens with zero attached hydrogens (tertiary/aromatic N) is 4. The van der Waals surface area contributed by atoms with Crippen molar-refractivity contribution in [1.82, 2.24) is 14.8 Å². The van der Waals surface area contributed by atoms with Gasteiger partial charge in [0, 0.05) is 10.6 Å². The Balaban J connectivity index is 1.55. The maximum Gasteiger partial charge on any atom is 0.308 e. The highest BCUT2D eigenvalue weighted by atomic mass is 127. The summed E-state index contributed by atoms with van der Waals surface area (Å²) in [7, 11) is 1.83. The number of carboxylic acids is 1. The molecule has 5 rings (SSSR count). The first-order valence-electron chi connectivity index (χ1n) is 13.0. The molecule has 0 aliphatic heterocycles. The van der Waals surface area contributed by atoms with Crippen LogP contribution in [0.3, 0.4) is 0 Å². The standard InChI is InChI=1S/C29H31IN4O4/c1-5-6-26(35)34(24-14-17(3)22(30)15-21(24)20-13-16(20)2)25-12-11-23-27(31-25)28(32-33(23)4)38-19-9-7-18(8-10-19)29(36)37/h11-12,14-16,18-20H,7-10,13H2,1-4H3,(H,36,37)/t16-,18?,19?,20+/m0/s1. The van der Waals surface area contributed by atoms with Crippen LogP contribution in [0, 0.1) is 34.2 Å². The van der Waals surface area contributed by atoms with Crippen molar-refractivity contribution in [3.8, 4) is 17.7 Å². The van der Waals surface area contributed by atoms with E-state index in [9.17, 15) is 14.7 Å². The van der Waals surface area contributed by atoms with Crippen LogP contribution in [-0.2, 0) is 16.6 Å². The van der Waals surface area contributed by atoms with E-state index in [0.29, 0.717) is 54.7 Å². The molecule has 2 atom stereocenters. The van der Waals surface area contributed by atoms with E-state index < -0.39 is 5.97 Å². The Kier molecular flexibility index (Phi) is 7.36. The third-order valence-electron chi connectivity index (χ3n) is 7.67. The number of aliphatic carboxylic acids is 1. The van der Waals surface area contributed by atoms with E-state index in [-0.39, 0.29) is 17.9 Å². The molecule has 0 saturated heterocycles. The molecule has 38 heavy (non-hydrogen) atoms. The van der Waals surface area contributed by atoms with Crippen LogP contribution in [0.1, 0.15) is 63.0 Å². The summed E-state index contributed by atoms with van der Waals surface area (Å²) in [5.41, 5.74) is 4.39. The molecule has 9 heteroatoms. The van der Waals surface area contributed by atoms with Gasteiger partial charge >= 0.3 is 11.9 Å². The lowest BCUT2D eigenvalue weighted by Gasteiger charge is -2.26. The van der Waals surface area contributed by atoms with Crippen LogP contribution in [0.2, 0.25) is 0 Å². The van der Waals surface area contributed by atoms with Crippen molar-refractivity contribution < 1.29 is 19.4 Å². The lowest BCUT2D eigenvalue weighted by Crippen LogP contribution is -2.28. The molecule has 1 aromatic carbocycles. The molecular weight excluding hydrogens is 595 g/mol. The first-order valence-corrected chi connectivity index (χ1v) is 14.1. The molecular formula is C29H31IN4O4. The highest BCUT2D eigenvalue weighted by molar-refractivity contribution is 14.1. The van der Waals surface area contributed by atoms with Gasteiger partial charge < -0.3 is 9.84 Å². The molecule has 2 aliphatic rings. The topological polar surface area (TPSA) is 97.6 Å². The van der Waals surface area contributed by atoms with E-state index in [4.69, 9.17) is 9.72 Å². The van der Waals surface area contributed by atoms with Crippen molar-refractivity contribution in [2.45, 2.75) is 64.9 Å². The number of ether oxygens (including phenoxy) is 1. The SMILES string of the molecule is CC#CC(=O)N(c1ccc2c(n1)c(OC1CCC(C(=O)O)CC1)nn2C)c1cc(C)c(I)cc1[C@@H]1C[C@@H]1C. The second-order valence-corrected chi connectivity index (χ2v) is 11.6. The molecule has 0 unspecified atom stereocenters. The Morgan fingerprint density at radius 2 is 1.92 bits per heavy atom. The van der Waals surface area contributed by atoms with Crippen LogP contribution in [0.15, 0.2) is 24.3 Å². The molecule has 8 nitrogen and oxygen atoms in total. The number of fused-ring (bicyclic) bond motifs is 1. The van der Waals surface area contributed by atoms with Gasteiger partial charge in [-0.2, -0.15) is 0 Å². The zero-order valence-electron chi connectivity index (χ0n) is 22.0. The van der Waals surface area contributed by atoms with E-state index in [1.54, 1.807) is 16.5 Å². The predicted molar refractivity (Wildman–Crippen MR) is 154 cm³/mol. The molecule has 2 heterocycles. The summed E-state index contributed by atoms with van der Waals surface area (Å²) in [5.74, 6) is 5.88. The maximum atomic E-state index is 13.5. The summed E-state index contributed by atoms with van der Waals surface area (Å²) in [4.78, 5) is 31.3. The van der Waals surface area contributed by atoms with Gasteiger partial charge in [0.15, 0.2) is 5.52 Å². The lowest BCUT2D eigenvalue weighted by atomic mass is 9.87. The molecule has 3 aromatic rings. The fourth-order valence-corrected chi connectivity index (χ4v) is 5.81. The molecule has 0 radical (unpaired) electrons. The third kappa shape index (κ3) is 5.10. The summed E-state index contributed by atoms with van der Waals surface area (Å²) >= 11 is 2.35. The van der Waals surface area contributed by atoms with Gasteiger partial charge in [-0.3, -0.25) is 19.2 Å². The summed E-state index contributed by atoms with van der Waals surface area (Å²) in [5, 5.41) is 13.9. The minimum absolute atomic E-state index is 0.125. The highest BCUT2D eigenvalue weighted by Crippen LogP contribution is 2.51. The van der Waals surface area contributed by atoms with Gasteiger partial charge in [-0.25, -0.2) is 4.98 Å². The number of anilines is 2. The first-order chi connectivity index (χ1) is 18.2. The quantitative estimate of drug-likeness (QED) is 0.278. The Bertz CT molecular complexity index is 1480. The van der Waals surface area contributed by atoms with Gasteiger partial charge in [0.2, 0.25) is 0 Å². The smallest absolute Gasteiger partial charge is 0.308 e. The number of carbonyl (C=O) groups is 2. The van der Waals surface area contributed by atoms with Crippen molar-refractivity contribution in [1.29, 1.82) is 0 Å². The van der Waals surface area contributed by atoms with Crippen LogP contribution >= 0.6 is 22.6 Å². The number of aryl methyl sites for hydroxylation is 2. The van der Waals surface area contributed by atoms with Gasteiger partial charge in [-0.15, -0.1) is 5.10 Å². The monoisotopic (exact) mass is 626 g/mol. The van der Waals surface area contributed by atoms with Crippen LogP contribution in [0.25, 0.3) is 11.0 Å². The Morgan fingerprint density at radius 1 is 1.21 bits per heavy atom.